The van der Waals surface area contributed by atoms with Gasteiger partial charge in [-0.1, -0.05) is 67.7 Å². The minimum Gasteiger partial charge on any atom is -0.480 e. The Balaban J connectivity index is 1.25. The van der Waals surface area contributed by atoms with Crippen molar-refractivity contribution in [3.8, 4) is 0 Å². The zero-order valence-electron chi connectivity index (χ0n) is 30.9. The standard InChI is InChI=1S/C38H64N2O8/c1-23(2)32(48-35(45)40-19-12-20-40)26-21-24(3)30-33(46-26)31(43)25(4)37(30,7)15-11-17-38-16-10-9-13-27(38)36(5,6)28(14-18-38)47-34(44)39(8)22-29(41)42/h23-28,30-33,43H,9-22H2,1-8H3,(H,41,42). The molecule has 11 unspecified atom stereocenters. The number of rotatable bonds is 10. The second-order valence-corrected chi connectivity index (χ2v) is 17.6. The summed E-state index contributed by atoms with van der Waals surface area (Å²) in [6.45, 7) is 16.7. The number of amides is 2. The number of aliphatic hydroxyl groups excluding tert-OH is 1. The fourth-order valence-corrected chi connectivity index (χ4v) is 11.1. The molecule has 0 aromatic heterocycles. The number of ether oxygens (including phenoxy) is 3. The predicted octanol–water partition coefficient (Wildman–Crippen LogP) is 6.97. The van der Waals surface area contributed by atoms with E-state index in [9.17, 15) is 19.5 Å². The van der Waals surface area contributed by atoms with Gasteiger partial charge in [-0.3, -0.25) is 4.79 Å². The zero-order valence-corrected chi connectivity index (χ0v) is 30.9. The van der Waals surface area contributed by atoms with Gasteiger partial charge < -0.3 is 34.2 Å². The lowest BCUT2D eigenvalue weighted by molar-refractivity contribution is -0.180. The molecule has 0 radical (unpaired) electrons. The molecule has 2 heterocycles. The average molecular weight is 677 g/mol. The van der Waals surface area contributed by atoms with Gasteiger partial charge in [0, 0.05) is 25.6 Å². The summed E-state index contributed by atoms with van der Waals surface area (Å²) < 4.78 is 18.8. The quantitative estimate of drug-likeness (QED) is 0.254. The molecule has 5 rings (SSSR count). The molecule has 10 heteroatoms. The Morgan fingerprint density at radius 1 is 1.02 bits per heavy atom. The lowest BCUT2D eigenvalue weighted by atomic mass is 9.48. The Bertz CT molecular complexity index is 1170. The van der Waals surface area contributed by atoms with E-state index in [1.54, 1.807) is 4.90 Å². The number of carboxylic acid groups (broad SMARTS) is 1. The van der Waals surface area contributed by atoms with E-state index in [1.807, 2.05) is 0 Å². The van der Waals surface area contributed by atoms with E-state index in [-0.39, 0.29) is 71.1 Å². The minimum absolute atomic E-state index is 0.0755. The largest absolute Gasteiger partial charge is 0.480 e. The first-order valence-corrected chi connectivity index (χ1v) is 18.9. The number of fused-ring (bicyclic) bond motifs is 2. The normalized spacial score (nSPS) is 39.5. The maximum atomic E-state index is 12.8. The Morgan fingerprint density at radius 2 is 1.73 bits per heavy atom. The van der Waals surface area contributed by atoms with E-state index in [0.29, 0.717) is 11.8 Å². The average Bonchev–Trinajstić information content (AvgIpc) is 3.17. The van der Waals surface area contributed by atoms with E-state index in [0.717, 1.165) is 69.4 Å². The first-order chi connectivity index (χ1) is 22.5. The van der Waals surface area contributed by atoms with Crippen LogP contribution in [0, 0.1) is 45.8 Å². The molecule has 48 heavy (non-hydrogen) atoms. The van der Waals surface area contributed by atoms with Gasteiger partial charge >= 0.3 is 18.2 Å². The van der Waals surface area contributed by atoms with Gasteiger partial charge in [-0.2, -0.15) is 0 Å². The smallest absolute Gasteiger partial charge is 0.410 e. The lowest BCUT2D eigenvalue weighted by Gasteiger charge is -2.58. The Hall–Kier alpha value is -2.07. The van der Waals surface area contributed by atoms with Crippen molar-refractivity contribution in [2.24, 2.45) is 45.8 Å². The summed E-state index contributed by atoms with van der Waals surface area (Å²) in [4.78, 5) is 39.6. The van der Waals surface area contributed by atoms with E-state index in [1.165, 1.54) is 26.3 Å². The van der Waals surface area contributed by atoms with Crippen molar-refractivity contribution in [3.05, 3.63) is 0 Å². The summed E-state index contributed by atoms with van der Waals surface area (Å²) in [5.41, 5.74) is -0.0939. The fraction of sp³-hybridized carbons (Fsp3) is 0.921. The van der Waals surface area contributed by atoms with Crippen molar-refractivity contribution in [2.45, 2.75) is 150 Å². The SMILES string of the molecule is CC(C)C(OC(=O)N1CCC1)C1CC(C)C2C(O1)C(O)C(C)C2(C)CCCC12CCCCC1C(C)(C)C(OC(=O)N(C)CC(=O)O)CC2. The van der Waals surface area contributed by atoms with Crippen molar-refractivity contribution < 1.29 is 38.8 Å². The molecule has 11 atom stereocenters. The highest BCUT2D eigenvalue weighted by Crippen LogP contribution is 2.62. The number of nitrogens with zero attached hydrogens (tertiary/aromatic N) is 2. The van der Waals surface area contributed by atoms with Gasteiger partial charge in [0.15, 0.2) is 0 Å². The first-order valence-electron chi connectivity index (χ1n) is 18.9. The highest BCUT2D eigenvalue weighted by Gasteiger charge is 2.61. The van der Waals surface area contributed by atoms with Crippen LogP contribution >= 0.6 is 0 Å². The number of carbonyl (C=O) groups is 3. The van der Waals surface area contributed by atoms with Crippen LogP contribution in [0.3, 0.4) is 0 Å². The van der Waals surface area contributed by atoms with E-state index >= 15 is 0 Å². The van der Waals surface area contributed by atoms with Crippen LogP contribution in [0.2, 0.25) is 0 Å². The van der Waals surface area contributed by atoms with Gasteiger partial charge in [-0.15, -0.1) is 0 Å². The molecule has 5 fully saturated rings. The van der Waals surface area contributed by atoms with Crippen LogP contribution in [0.25, 0.3) is 0 Å². The van der Waals surface area contributed by atoms with Crippen LogP contribution in [0.4, 0.5) is 9.59 Å². The molecule has 0 bridgehead atoms. The number of aliphatic hydroxyl groups is 1. The molecule has 2 saturated heterocycles. The maximum Gasteiger partial charge on any atom is 0.410 e. The van der Waals surface area contributed by atoms with Crippen molar-refractivity contribution >= 4 is 18.2 Å². The number of hydrogen-bond acceptors (Lipinski definition) is 7. The van der Waals surface area contributed by atoms with Crippen LogP contribution in [0.15, 0.2) is 0 Å². The molecule has 0 aromatic carbocycles. The maximum absolute atomic E-state index is 12.8. The number of carbonyl (C=O) groups excluding carboxylic acids is 2. The number of likely N-dealkylation sites (tertiary alicyclic amines) is 1. The number of carboxylic acids is 1. The molecule has 5 aliphatic rings. The van der Waals surface area contributed by atoms with Crippen LogP contribution in [-0.2, 0) is 19.0 Å². The van der Waals surface area contributed by atoms with Gasteiger partial charge in [0.1, 0.15) is 18.8 Å². The zero-order chi connectivity index (χ0) is 35.2. The molecular formula is C38H64N2O8. The summed E-state index contributed by atoms with van der Waals surface area (Å²) in [6, 6.07) is 0. The van der Waals surface area contributed by atoms with Crippen molar-refractivity contribution in [1.29, 1.82) is 0 Å². The molecule has 3 aliphatic carbocycles. The van der Waals surface area contributed by atoms with Crippen molar-refractivity contribution in [1.82, 2.24) is 9.80 Å². The molecule has 2 amide bonds. The van der Waals surface area contributed by atoms with Gasteiger partial charge in [-0.25, -0.2) is 9.59 Å². The monoisotopic (exact) mass is 676 g/mol. The number of aliphatic carboxylic acids is 1. The highest BCUT2D eigenvalue weighted by atomic mass is 16.6. The van der Waals surface area contributed by atoms with Gasteiger partial charge in [0.05, 0.1) is 18.3 Å². The van der Waals surface area contributed by atoms with Crippen molar-refractivity contribution in [3.63, 3.8) is 0 Å². The molecule has 10 nitrogen and oxygen atoms in total. The Labute approximate surface area is 288 Å². The predicted molar refractivity (Wildman–Crippen MR) is 182 cm³/mol. The summed E-state index contributed by atoms with van der Waals surface area (Å²) in [5, 5.41) is 20.8. The summed E-state index contributed by atoms with van der Waals surface area (Å²) in [5.74, 6) is 0.126. The summed E-state index contributed by atoms with van der Waals surface area (Å²) in [6.07, 6.45) is 9.12. The molecule has 2 aliphatic heterocycles. The van der Waals surface area contributed by atoms with Crippen LogP contribution in [-0.4, -0.2) is 95.4 Å². The van der Waals surface area contributed by atoms with Crippen molar-refractivity contribution in [2.75, 3.05) is 26.7 Å². The Kier molecular flexibility index (Phi) is 11.1. The van der Waals surface area contributed by atoms with Gasteiger partial charge in [0.25, 0.3) is 0 Å². The molecule has 3 saturated carbocycles. The van der Waals surface area contributed by atoms with Gasteiger partial charge in [-0.05, 0) is 91.8 Å². The minimum atomic E-state index is -1.05. The third-order valence-electron chi connectivity index (χ3n) is 14.0. The Morgan fingerprint density at radius 3 is 2.35 bits per heavy atom. The summed E-state index contributed by atoms with van der Waals surface area (Å²) in [7, 11) is 1.48. The van der Waals surface area contributed by atoms with Crippen LogP contribution in [0.1, 0.15) is 119 Å². The fourth-order valence-electron chi connectivity index (χ4n) is 11.1. The second kappa shape index (κ2) is 14.3. The molecular weight excluding hydrogens is 612 g/mol. The lowest BCUT2D eigenvalue weighted by Crippen LogP contribution is -2.54. The molecule has 2 N–H and O–H groups in total. The van der Waals surface area contributed by atoms with Gasteiger partial charge in [0.2, 0.25) is 0 Å². The number of likely N-dealkylation sites (N-methyl/N-ethyl adjacent to an activating group) is 1. The van der Waals surface area contributed by atoms with Crippen LogP contribution < -0.4 is 0 Å². The molecule has 0 aromatic rings. The van der Waals surface area contributed by atoms with E-state index in [4.69, 9.17) is 19.3 Å². The first kappa shape index (κ1) is 37.2. The van der Waals surface area contributed by atoms with E-state index < -0.39 is 18.2 Å². The van der Waals surface area contributed by atoms with Crippen LogP contribution in [0.5, 0.6) is 0 Å². The highest BCUT2D eigenvalue weighted by molar-refractivity contribution is 5.76. The van der Waals surface area contributed by atoms with E-state index in [2.05, 4.69) is 48.5 Å². The third-order valence-corrected chi connectivity index (χ3v) is 14.0. The summed E-state index contributed by atoms with van der Waals surface area (Å²) >= 11 is 0. The second-order valence-electron chi connectivity index (χ2n) is 17.6. The molecule has 274 valence electrons. The molecule has 0 spiro atoms. The topological polar surface area (TPSA) is 126 Å². The third kappa shape index (κ3) is 6.95. The number of hydrogen-bond donors (Lipinski definition) is 2.